The van der Waals surface area contributed by atoms with Crippen LogP contribution in [0.2, 0.25) is 0 Å². The van der Waals surface area contributed by atoms with Crippen molar-refractivity contribution in [1.82, 2.24) is 4.90 Å². The zero-order chi connectivity index (χ0) is 17.2. The molecule has 2 aromatic rings. The molecule has 2 aromatic carbocycles. The maximum atomic E-state index is 10.6. The van der Waals surface area contributed by atoms with Crippen LogP contribution in [0.4, 0.5) is 0 Å². The van der Waals surface area contributed by atoms with E-state index in [0.29, 0.717) is 6.42 Å². The number of aromatic hydroxyl groups is 1. The first-order valence-electron chi connectivity index (χ1n) is 9.41. The molecule has 3 heteroatoms. The van der Waals surface area contributed by atoms with Crippen molar-refractivity contribution in [2.75, 3.05) is 13.1 Å². The first-order chi connectivity index (χ1) is 12.2. The summed E-state index contributed by atoms with van der Waals surface area (Å²) in [4.78, 5) is 2.25. The number of benzene rings is 2. The maximum Gasteiger partial charge on any atom is 0.115 e. The Labute approximate surface area is 149 Å². The second-order valence-corrected chi connectivity index (χ2v) is 7.85. The van der Waals surface area contributed by atoms with E-state index in [1.54, 1.807) is 12.1 Å². The van der Waals surface area contributed by atoms with E-state index in [0.717, 1.165) is 36.4 Å². The first kappa shape index (κ1) is 16.6. The first-order valence-corrected chi connectivity index (χ1v) is 9.41. The fourth-order valence-corrected chi connectivity index (χ4v) is 4.79. The number of hydrogen-bond acceptors (Lipinski definition) is 3. The van der Waals surface area contributed by atoms with E-state index in [1.165, 1.54) is 24.8 Å². The number of phenols is 1. The lowest BCUT2D eigenvalue weighted by molar-refractivity contribution is 0.0147. The summed E-state index contributed by atoms with van der Waals surface area (Å²) in [5, 5.41) is 20.0. The molecule has 2 fully saturated rings. The van der Waals surface area contributed by atoms with Crippen LogP contribution in [0.3, 0.4) is 0 Å². The molecule has 0 radical (unpaired) electrons. The molecule has 1 saturated carbocycles. The molecule has 4 atom stereocenters. The van der Waals surface area contributed by atoms with Crippen LogP contribution in [0.15, 0.2) is 54.6 Å². The number of aliphatic hydroxyl groups excluding tert-OH is 1. The van der Waals surface area contributed by atoms with Crippen LogP contribution in [-0.2, 0) is 12.8 Å². The molecule has 1 unspecified atom stereocenters. The van der Waals surface area contributed by atoms with E-state index in [4.69, 9.17) is 0 Å². The summed E-state index contributed by atoms with van der Waals surface area (Å²) in [6.07, 6.45) is 4.00. The highest BCUT2D eigenvalue weighted by Crippen LogP contribution is 2.43. The molecule has 0 spiro atoms. The summed E-state index contributed by atoms with van der Waals surface area (Å²) in [7, 11) is 0. The quantitative estimate of drug-likeness (QED) is 0.878. The smallest absolute Gasteiger partial charge is 0.115 e. The Morgan fingerprint density at radius 3 is 2.16 bits per heavy atom. The number of likely N-dealkylation sites (tertiary alicyclic amines) is 1. The predicted octanol–water partition coefficient (Wildman–Crippen LogP) is 3.45. The number of hydrogen-bond donors (Lipinski definition) is 2. The number of phenolic OH excluding ortho intramolecular Hbond substituents is 1. The van der Waals surface area contributed by atoms with Crippen molar-refractivity contribution >= 4 is 0 Å². The van der Waals surface area contributed by atoms with Crippen molar-refractivity contribution in [2.24, 2.45) is 17.8 Å². The number of nitrogens with zero attached hydrogens (tertiary/aromatic N) is 1. The minimum absolute atomic E-state index is 0.276. The third-order valence-corrected chi connectivity index (χ3v) is 6.02. The lowest BCUT2D eigenvalue weighted by atomic mass is 9.96. The zero-order valence-corrected chi connectivity index (χ0v) is 14.6. The molecule has 0 amide bonds. The van der Waals surface area contributed by atoms with Gasteiger partial charge in [-0.25, -0.2) is 0 Å². The second kappa shape index (κ2) is 7.19. The van der Waals surface area contributed by atoms with Gasteiger partial charge in [0.2, 0.25) is 0 Å². The van der Waals surface area contributed by atoms with Gasteiger partial charge in [-0.3, -0.25) is 4.90 Å². The lowest BCUT2D eigenvalue weighted by Crippen LogP contribution is -2.35. The molecule has 0 bridgehead atoms. The molecule has 2 aliphatic rings. The highest BCUT2D eigenvalue weighted by atomic mass is 16.3. The molecule has 1 heterocycles. The van der Waals surface area contributed by atoms with Gasteiger partial charge in [-0.2, -0.15) is 0 Å². The van der Waals surface area contributed by atoms with Gasteiger partial charge >= 0.3 is 0 Å². The molecule has 2 N–H and O–H groups in total. The molecule has 3 nitrogen and oxygen atoms in total. The van der Waals surface area contributed by atoms with Gasteiger partial charge < -0.3 is 10.2 Å². The monoisotopic (exact) mass is 337 g/mol. The average molecular weight is 337 g/mol. The van der Waals surface area contributed by atoms with Crippen molar-refractivity contribution in [3.63, 3.8) is 0 Å². The van der Waals surface area contributed by atoms with E-state index >= 15 is 0 Å². The fraction of sp³-hybridized carbons (Fsp3) is 0.455. The van der Waals surface area contributed by atoms with Gasteiger partial charge in [-0.05, 0) is 60.3 Å². The van der Waals surface area contributed by atoms with Crippen molar-refractivity contribution in [1.29, 1.82) is 0 Å². The van der Waals surface area contributed by atoms with Gasteiger partial charge in [0.05, 0.1) is 0 Å². The van der Waals surface area contributed by atoms with Gasteiger partial charge in [-0.1, -0.05) is 42.5 Å². The third kappa shape index (κ3) is 3.88. The number of aliphatic hydroxyl groups is 1. The third-order valence-electron chi connectivity index (χ3n) is 6.02. The zero-order valence-electron chi connectivity index (χ0n) is 14.6. The van der Waals surface area contributed by atoms with E-state index in [1.807, 2.05) is 12.1 Å². The average Bonchev–Trinajstić information content (AvgIpc) is 3.16. The van der Waals surface area contributed by atoms with Gasteiger partial charge in [0.1, 0.15) is 12.0 Å². The molecule has 132 valence electrons. The maximum absolute atomic E-state index is 10.6. The molecule has 1 aliphatic heterocycles. The minimum Gasteiger partial charge on any atom is -0.508 e. The van der Waals surface area contributed by atoms with Crippen molar-refractivity contribution in [2.45, 2.75) is 31.9 Å². The largest absolute Gasteiger partial charge is 0.508 e. The molecule has 1 aliphatic carbocycles. The molecular weight excluding hydrogens is 310 g/mol. The molecule has 4 rings (SSSR count). The fourth-order valence-electron chi connectivity index (χ4n) is 4.79. The topological polar surface area (TPSA) is 43.7 Å². The van der Waals surface area contributed by atoms with Crippen molar-refractivity contribution in [3.8, 4) is 5.75 Å². The summed E-state index contributed by atoms with van der Waals surface area (Å²) in [5.41, 5.74) is 2.53. The Morgan fingerprint density at radius 1 is 0.880 bits per heavy atom. The Morgan fingerprint density at radius 2 is 1.52 bits per heavy atom. The van der Waals surface area contributed by atoms with Crippen LogP contribution < -0.4 is 0 Å². The Hall–Kier alpha value is -1.84. The molecular formula is C22H27NO2. The van der Waals surface area contributed by atoms with Crippen LogP contribution in [0, 0.1) is 17.8 Å². The SMILES string of the molecule is Oc1ccc(CC(O)N2C[C@H]3C[C@H](Cc4ccccc4)C[C@H]3C2)cc1. The van der Waals surface area contributed by atoms with Gasteiger partial charge in [0.15, 0.2) is 0 Å². The Bertz CT molecular complexity index is 671. The van der Waals surface area contributed by atoms with E-state index in [9.17, 15) is 10.2 Å². The van der Waals surface area contributed by atoms with Crippen molar-refractivity contribution < 1.29 is 10.2 Å². The van der Waals surface area contributed by atoms with Crippen LogP contribution in [0.1, 0.15) is 24.0 Å². The predicted molar refractivity (Wildman–Crippen MR) is 99.2 cm³/mol. The number of fused-ring (bicyclic) bond motifs is 1. The lowest BCUT2D eigenvalue weighted by Gasteiger charge is -2.25. The summed E-state index contributed by atoms with van der Waals surface area (Å²) < 4.78 is 0. The van der Waals surface area contributed by atoms with E-state index < -0.39 is 6.23 Å². The van der Waals surface area contributed by atoms with Crippen molar-refractivity contribution in [3.05, 3.63) is 65.7 Å². The van der Waals surface area contributed by atoms with Crippen LogP contribution in [0.25, 0.3) is 0 Å². The van der Waals surface area contributed by atoms with Crippen LogP contribution in [-0.4, -0.2) is 34.4 Å². The summed E-state index contributed by atoms with van der Waals surface area (Å²) in [6.45, 7) is 2.05. The Balaban J connectivity index is 1.29. The molecule has 0 aromatic heterocycles. The molecule has 1 saturated heterocycles. The summed E-state index contributed by atoms with van der Waals surface area (Å²) >= 11 is 0. The highest BCUT2D eigenvalue weighted by molar-refractivity contribution is 5.26. The standard InChI is InChI=1S/C22H27NO2/c24-21-8-6-17(7-9-21)13-22(25)23-14-19-11-18(12-20(19)15-23)10-16-4-2-1-3-5-16/h1-9,18-20,22,24-25H,10-15H2/t18-,19+,20-,22?. The van der Waals surface area contributed by atoms with Crippen LogP contribution in [0.5, 0.6) is 5.75 Å². The van der Waals surface area contributed by atoms with Gasteiger partial charge in [0.25, 0.3) is 0 Å². The number of rotatable bonds is 5. The second-order valence-electron chi connectivity index (χ2n) is 7.85. The highest BCUT2D eigenvalue weighted by Gasteiger charge is 2.42. The van der Waals surface area contributed by atoms with Gasteiger partial charge in [0, 0.05) is 19.5 Å². The summed E-state index contributed by atoms with van der Waals surface area (Å²) in [6, 6.07) is 18.0. The molecule has 25 heavy (non-hydrogen) atoms. The summed E-state index contributed by atoms with van der Waals surface area (Å²) in [5.74, 6) is 2.55. The Kier molecular flexibility index (Phi) is 4.78. The van der Waals surface area contributed by atoms with E-state index in [2.05, 4.69) is 35.2 Å². The van der Waals surface area contributed by atoms with Gasteiger partial charge in [-0.15, -0.1) is 0 Å². The minimum atomic E-state index is -0.414. The van der Waals surface area contributed by atoms with E-state index in [-0.39, 0.29) is 5.75 Å². The normalized spacial score (nSPS) is 27.3. The van der Waals surface area contributed by atoms with Crippen LogP contribution >= 0.6 is 0 Å².